The summed E-state index contributed by atoms with van der Waals surface area (Å²) in [5, 5.41) is 2.87. The van der Waals surface area contributed by atoms with Gasteiger partial charge in [0.05, 0.1) is 22.9 Å². The van der Waals surface area contributed by atoms with E-state index in [-0.39, 0.29) is 12.5 Å². The van der Waals surface area contributed by atoms with Crippen LogP contribution in [0.15, 0.2) is 79.0 Å². The van der Waals surface area contributed by atoms with Gasteiger partial charge >= 0.3 is 0 Å². The van der Waals surface area contributed by atoms with Gasteiger partial charge in [-0.05, 0) is 48.9 Å². The molecule has 0 aliphatic heterocycles. The number of carbonyl (C=O) groups is 1. The molecule has 0 fully saturated rings. The summed E-state index contributed by atoms with van der Waals surface area (Å²) in [6.07, 6.45) is 1.76. The molecule has 0 saturated carbocycles. The molecule has 1 amide bonds. The Labute approximate surface area is 169 Å². The van der Waals surface area contributed by atoms with Crippen LogP contribution in [0.4, 0.5) is 0 Å². The van der Waals surface area contributed by atoms with Crippen LogP contribution >= 0.6 is 0 Å². The maximum absolute atomic E-state index is 12.0. The molecule has 144 valence electrons. The topological polar surface area (TPSA) is 64.1 Å². The highest BCUT2D eigenvalue weighted by atomic mass is 16.5. The Balaban J connectivity index is 1.33. The third-order valence-corrected chi connectivity index (χ3v) is 4.54. The number of nitrogens with zero attached hydrogens (tertiary/aromatic N) is 2. The van der Waals surface area contributed by atoms with E-state index in [1.54, 1.807) is 6.20 Å². The van der Waals surface area contributed by atoms with Gasteiger partial charge in [0.15, 0.2) is 6.61 Å². The number of amides is 1. The number of aromatic nitrogens is 2. The molecule has 0 bridgehead atoms. The predicted octanol–water partition coefficient (Wildman–Crippen LogP) is 4.30. The summed E-state index contributed by atoms with van der Waals surface area (Å²) < 4.78 is 5.59. The van der Waals surface area contributed by atoms with Crippen molar-refractivity contribution in [2.45, 2.75) is 13.5 Å². The minimum Gasteiger partial charge on any atom is -0.484 e. The van der Waals surface area contributed by atoms with Gasteiger partial charge < -0.3 is 10.1 Å². The van der Waals surface area contributed by atoms with E-state index in [2.05, 4.69) is 21.4 Å². The fraction of sp³-hybridized carbons (Fsp3) is 0.125. The van der Waals surface area contributed by atoms with E-state index < -0.39 is 0 Å². The highest BCUT2D eigenvalue weighted by Gasteiger charge is 2.06. The summed E-state index contributed by atoms with van der Waals surface area (Å²) in [4.78, 5) is 21.1. The Kier molecular flexibility index (Phi) is 5.47. The SMILES string of the molecule is Cc1cccc(CNC(=O)COc2ccc(-c3cnc4ccccc4n3)cc2)c1. The third-order valence-electron chi connectivity index (χ3n) is 4.54. The molecule has 0 radical (unpaired) electrons. The van der Waals surface area contributed by atoms with Crippen molar-refractivity contribution in [1.82, 2.24) is 15.3 Å². The number of rotatable bonds is 6. The van der Waals surface area contributed by atoms with Crippen LogP contribution < -0.4 is 10.1 Å². The summed E-state index contributed by atoms with van der Waals surface area (Å²) in [6.45, 7) is 2.49. The molecule has 1 aromatic heterocycles. The van der Waals surface area contributed by atoms with Crippen LogP contribution in [0.2, 0.25) is 0 Å². The molecular formula is C24H21N3O2. The van der Waals surface area contributed by atoms with Gasteiger partial charge in [-0.1, -0.05) is 42.0 Å². The number of fused-ring (bicyclic) bond motifs is 1. The molecule has 0 atom stereocenters. The van der Waals surface area contributed by atoms with Gasteiger partial charge in [-0.3, -0.25) is 9.78 Å². The summed E-state index contributed by atoms with van der Waals surface area (Å²) in [6, 6.07) is 23.3. The summed E-state index contributed by atoms with van der Waals surface area (Å²) in [5.74, 6) is 0.476. The predicted molar refractivity (Wildman–Crippen MR) is 113 cm³/mol. The first-order chi connectivity index (χ1) is 14.2. The van der Waals surface area contributed by atoms with Gasteiger partial charge in [0, 0.05) is 12.1 Å². The number of nitrogens with one attached hydrogen (secondary N) is 1. The number of para-hydroxylation sites is 2. The van der Waals surface area contributed by atoms with E-state index in [0.29, 0.717) is 12.3 Å². The van der Waals surface area contributed by atoms with Gasteiger partial charge in [0.2, 0.25) is 0 Å². The Morgan fingerprint density at radius 3 is 2.55 bits per heavy atom. The van der Waals surface area contributed by atoms with Crippen LogP contribution in [0.3, 0.4) is 0 Å². The van der Waals surface area contributed by atoms with Gasteiger partial charge in [-0.15, -0.1) is 0 Å². The highest BCUT2D eigenvalue weighted by Crippen LogP contribution is 2.22. The molecule has 4 aromatic rings. The highest BCUT2D eigenvalue weighted by molar-refractivity contribution is 5.78. The van der Waals surface area contributed by atoms with E-state index in [4.69, 9.17) is 4.74 Å². The van der Waals surface area contributed by atoms with Gasteiger partial charge in [-0.2, -0.15) is 0 Å². The molecular weight excluding hydrogens is 362 g/mol. The molecule has 0 spiro atoms. The van der Waals surface area contributed by atoms with Crippen molar-refractivity contribution >= 4 is 16.9 Å². The van der Waals surface area contributed by atoms with E-state index in [9.17, 15) is 4.79 Å². The van der Waals surface area contributed by atoms with Crippen LogP contribution in [0.1, 0.15) is 11.1 Å². The van der Waals surface area contributed by atoms with Gasteiger partial charge in [-0.25, -0.2) is 4.98 Å². The van der Waals surface area contributed by atoms with Crippen LogP contribution in [-0.2, 0) is 11.3 Å². The first kappa shape index (κ1) is 18.6. The average molecular weight is 383 g/mol. The normalized spacial score (nSPS) is 10.7. The minimum absolute atomic E-state index is 0.0268. The second-order valence-electron chi connectivity index (χ2n) is 6.82. The molecule has 29 heavy (non-hydrogen) atoms. The zero-order chi connectivity index (χ0) is 20.1. The lowest BCUT2D eigenvalue weighted by molar-refractivity contribution is -0.123. The maximum Gasteiger partial charge on any atom is 0.258 e. The molecule has 5 nitrogen and oxygen atoms in total. The van der Waals surface area contributed by atoms with Gasteiger partial charge in [0.25, 0.3) is 5.91 Å². The fourth-order valence-corrected chi connectivity index (χ4v) is 3.04. The number of hydrogen-bond donors (Lipinski definition) is 1. The molecule has 0 unspecified atom stereocenters. The Hall–Kier alpha value is -3.73. The summed E-state index contributed by atoms with van der Waals surface area (Å²) in [5.41, 5.74) is 5.71. The number of carbonyl (C=O) groups excluding carboxylic acids is 1. The number of aryl methyl sites for hydroxylation is 1. The van der Waals surface area contributed by atoms with Crippen molar-refractivity contribution < 1.29 is 9.53 Å². The van der Waals surface area contributed by atoms with Crippen molar-refractivity contribution in [2.75, 3.05) is 6.61 Å². The maximum atomic E-state index is 12.0. The van der Waals surface area contributed by atoms with Crippen molar-refractivity contribution in [2.24, 2.45) is 0 Å². The van der Waals surface area contributed by atoms with E-state index >= 15 is 0 Å². The zero-order valence-corrected chi connectivity index (χ0v) is 16.1. The molecule has 0 aliphatic carbocycles. The molecule has 0 saturated heterocycles. The van der Waals surface area contributed by atoms with Crippen LogP contribution in [0, 0.1) is 6.92 Å². The van der Waals surface area contributed by atoms with Gasteiger partial charge in [0.1, 0.15) is 5.75 Å². The summed E-state index contributed by atoms with van der Waals surface area (Å²) >= 11 is 0. The molecule has 0 aliphatic rings. The second kappa shape index (κ2) is 8.52. The lowest BCUT2D eigenvalue weighted by Crippen LogP contribution is -2.28. The van der Waals surface area contributed by atoms with Crippen molar-refractivity contribution in [3.8, 4) is 17.0 Å². The summed E-state index contributed by atoms with van der Waals surface area (Å²) in [7, 11) is 0. The molecule has 3 aromatic carbocycles. The first-order valence-electron chi connectivity index (χ1n) is 9.45. The van der Waals surface area contributed by atoms with Crippen LogP contribution in [0.25, 0.3) is 22.3 Å². The van der Waals surface area contributed by atoms with Crippen molar-refractivity contribution in [1.29, 1.82) is 0 Å². The van der Waals surface area contributed by atoms with E-state index in [1.165, 1.54) is 5.56 Å². The Morgan fingerprint density at radius 1 is 0.966 bits per heavy atom. The lowest BCUT2D eigenvalue weighted by atomic mass is 10.1. The van der Waals surface area contributed by atoms with Crippen molar-refractivity contribution in [3.05, 3.63) is 90.1 Å². The Morgan fingerprint density at radius 2 is 1.76 bits per heavy atom. The second-order valence-corrected chi connectivity index (χ2v) is 6.82. The minimum atomic E-state index is -0.157. The number of ether oxygens (including phenoxy) is 1. The number of hydrogen-bond acceptors (Lipinski definition) is 4. The lowest BCUT2D eigenvalue weighted by Gasteiger charge is -2.09. The average Bonchev–Trinajstić information content (AvgIpc) is 2.76. The standard InChI is InChI=1S/C24H21N3O2/c1-17-5-4-6-18(13-17)14-26-24(28)16-29-20-11-9-19(10-12-20)23-15-25-21-7-2-3-8-22(21)27-23/h2-13,15H,14,16H2,1H3,(H,26,28). The van der Waals surface area contributed by atoms with Crippen molar-refractivity contribution in [3.63, 3.8) is 0 Å². The quantitative estimate of drug-likeness (QED) is 0.539. The number of benzene rings is 3. The van der Waals surface area contributed by atoms with E-state index in [1.807, 2.05) is 73.7 Å². The monoisotopic (exact) mass is 383 g/mol. The Bertz CT molecular complexity index is 1140. The first-order valence-corrected chi connectivity index (χ1v) is 9.45. The molecule has 1 heterocycles. The van der Waals surface area contributed by atoms with Crippen LogP contribution in [-0.4, -0.2) is 22.5 Å². The van der Waals surface area contributed by atoms with Crippen LogP contribution in [0.5, 0.6) is 5.75 Å². The largest absolute Gasteiger partial charge is 0.484 e. The smallest absolute Gasteiger partial charge is 0.258 e. The zero-order valence-electron chi connectivity index (χ0n) is 16.1. The molecule has 4 rings (SSSR count). The van der Waals surface area contributed by atoms with E-state index in [0.717, 1.165) is 27.9 Å². The molecule has 5 heteroatoms. The third kappa shape index (κ3) is 4.76. The molecule has 1 N–H and O–H groups in total. The fourth-order valence-electron chi connectivity index (χ4n) is 3.04.